The second-order valence-electron chi connectivity index (χ2n) is 4.09. The molecule has 1 aliphatic rings. The van der Waals surface area contributed by atoms with Crippen LogP contribution in [0.1, 0.15) is 6.42 Å². The van der Waals surface area contributed by atoms with Crippen LogP contribution in [-0.4, -0.2) is 59.5 Å². The van der Waals surface area contributed by atoms with Gasteiger partial charge in [0.2, 0.25) is 5.82 Å². The van der Waals surface area contributed by atoms with Crippen LogP contribution in [0.2, 0.25) is 0 Å². The largest absolute Gasteiger partial charge is 0.379 e. The zero-order valence-electron chi connectivity index (χ0n) is 10.1. The van der Waals surface area contributed by atoms with E-state index in [1.165, 1.54) is 0 Å². The summed E-state index contributed by atoms with van der Waals surface area (Å²) in [6, 6.07) is 0. The first-order valence-electron chi connectivity index (χ1n) is 5.99. The number of ether oxygens (including phenoxy) is 1. The first-order valence-corrected chi connectivity index (χ1v) is 5.99. The van der Waals surface area contributed by atoms with E-state index >= 15 is 0 Å². The van der Waals surface area contributed by atoms with Gasteiger partial charge in [0.05, 0.1) is 13.2 Å². The van der Waals surface area contributed by atoms with Crippen LogP contribution in [0, 0.1) is 0 Å². The normalized spacial score (nSPS) is 16.7. The van der Waals surface area contributed by atoms with E-state index in [4.69, 9.17) is 4.74 Å². The summed E-state index contributed by atoms with van der Waals surface area (Å²) in [6.07, 6.45) is 0.903. The van der Waals surface area contributed by atoms with E-state index in [0.29, 0.717) is 6.54 Å². The lowest BCUT2D eigenvalue weighted by molar-refractivity contribution is 0.0378. The highest BCUT2D eigenvalue weighted by Gasteiger charge is 2.09. The molecule has 0 radical (unpaired) electrons. The zero-order chi connectivity index (χ0) is 12.8. The van der Waals surface area contributed by atoms with E-state index in [1.807, 2.05) is 0 Å². The van der Waals surface area contributed by atoms with Gasteiger partial charge in [-0.25, -0.2) is 9.89 Å². The highest BCUT2D eigenvalue weighted by molar-refractivity contribution is 5.28. The molecule has 1 aromatic heterocycles. The number of aromatic amines is 2. The van der Waals surface area contributed by atoms with Crippen molar-refractivity contribution >= 4 is 5.82 Å². The molecule has 1 aliphatic heterocycles. The van der Waals surface area contributed by atoms with Crippen molar-refractivity contribution in [3.63, 3.8) is 0 Å². The molecule has 1 aromatic rings. The van der Waals surface area contributed by atoms with Gasteiger partial charge in [0.1, 0.15) is 0 Å². The summed E-state index contributed by atoms with van der Waals surface area (Å²) in [4.78, 5) is 26.5. The Balaban J connectivity index is 1.71. The Labute approximate surface area is 103 Å². The number of morpholine rings is 1. The fraction of sp³-hybridized carbons (Fsp3) is 0.700. The van der Waals surface area contributed by atoms with Crippen LogP contribution in [-0.2, 0) is 4.74 Å². The molecule has 0 amide bonds. The van der Waals surface area contributed by atoms with Crippen molar-refractivity contribution in [3.05, 3.63) is 20.8 Å². The Hall–Kier alpha value is -1.67. The number of hydrogen-bond donors (Lipinski definition) is 3. The number of anilines is 1. The summed E-state index contributed by atoms with van der Waals surface area (Å²) in [5, 5.41) is 8.71. The van der Waals surface area contributed by atoms with E-state index < -0.39 is 11.2 Å². The summed E-state index contributed by atoms with van der Waals surface area (Å²) in [7, 11) is 0. The van der Waals surface area contributed by atoms with Gasteiger partial charge >= 0.3 is 5.69 Å². The molecule has 0 atom stereocenters. The Morgan fingerprint density at radius 1 is 1.33 bits per heavy atom. The lowest BCUT2D eigenvalue weighted by Gasteiger charge is -2.26. The van der Waals surface area contributed by atoms with Crippen LogP contribution in [0.3, 0.4) is 0 Å². The van der Waals surface area contributed by atoms with Gasteiger partial charge in [0, 0.05) is 19.6 Å². The number of nitrogens with one attached hydrogen (secondary N) is 3. The van der Waals surface area contributed by atoms with Crippen LogP contribution >= 0.6 is 0 Å². The van der Waals surface area contributed by atoms with Crippen LogP contribution in [0.15, 0.2) is 9.59 Å². The summed E-state index contributed by atoms with van der Waals surface area (Å²) in [5.41, 5.74) is -1.09. The molecule has 8 nitrogen and oxygen atoms in total. The van der Waals surface area contributed by atoms with Crippen molar-refractivity contribution in [1.82, 2.24) is 20.1 Å². The highest BCUT2D eigenvalue weighted by atomic mass is 16.5. The van der Waals surface area contributed by atoms with Crippen LogP contribution in [0.5, 0.6) is 0 Å². The number of aromatic nitrogens is 3. The fourth-order valence-corrected chi connectivity index (χ4v) is 1.80. The van der Waals surface area contributed by atoms with E-state index in [9.17, 15) is 9.59 Å². The fourth-order valence-electron chi connectivity index (χ4n) is 1.80. The van der Waals surface area contributed by atoms with Crippen molar-refractivity contribution in [1.29, 1.82) is 0 Å². The molecule has 0 bridgehead atoms. The third-order valence-corrected chi connectivity index (χ3v) is 2.76. The SMILES string of the molecule is O=c1[nH]nc(NCCCN2CCOCC2)c(=O)[nH]1. The molecule has 0 saturated carbocycles. The van der Waals surface area contributed by atoms with Gasteiger partial charge in [-0.05, 0) is 13.0 Å². The number of H-pyrrole nitrogens is 2. The van der Waals surface area contributed by atoms with Gasteiger partial charge in [-0.2, -0.15) is 0 Å². The predicted octanol–water partition coefficient (Wildman–Crippen LogP) is -1.41. The molecular weight excluding hydrogens is 238 g/mol. The third-order valence-electron chi connectivity index (χ3n) is 2.76. The van der Waals surface area contributed by atoms with Crippen LogP contribution in [0.4, 0.5) is 5.82 Å². The maximum atomic E-state index is 11.3. The average Bonchev–Trinajstić information content (AvgIpc) is 2.38. The maximum Gasteiger partial charge on any atom is 0.342 e. The average molecular weight is 255 g/mol. The summed E-state index contributed by atoms with van der Waals surface area (Å²) in [5.74, 6) is 0.150. The van der Waals surface area contributed by atoms with Gasteiger partial charge in [-0.3, -0.25) is 14.7 Å². The molecule has 100 valence electrons. The topological polar surface area (TPSA) is 103 Å². The molecule has 0 unspecified atom stereocenters. The van der Waals surface area contributed by atoms with Crippen LogP contribution in [0.25, 0.3) is 0 Å². The van der Waals surface area contributed by atoms with Crippen molar-refractivity contribution in [3.8, 4) is 0 Å². The highest BCUT2D eigenvalue weighted by Crippen LogP contribution is 1.98. The molecule has 3 N–H and O–H groups in total. The van der Waals surface area contributed by atoms with E-state index in [1.54, 1.807) is 0 Å². The van der Waals surface area contributed by atoms with Crippen molar-refractivity contribution < 1.29 is 4.74 Å². The molecule has 2 rings (SSSR count). The molecular formula is C10H17N5O3. The van der Waals surface area contributed by atoms with Gasteiger partial charge in [-0.15, -0.1) is 5.10 Å². The molecule has 1 saturated heterocycles. The van der Waals surface area contributed by atoms with Crippen molar-refractivity contribution in [2.45, 2.75) is 6.42 Å². The maximum absolute atomic E-state index is 11.3. The van der Waals surface area contributed by atoms with E-state index in [-0.39, 0.29) is 5.82 Å². The van der Waals surface area contributed by atoms with Crippen molar-refractivity contribution in [2.24, 2.45) is 0 Å². The first kappa shape index (κ1) is 12.8. The quantitative estimate of drug-likeness (QED) is 0.559. The summed E-state index contributed by atoms with van der Waals surface area (Å²) >= 11 is 0. The second-order valence-corrected chi connectivity index (χ2v) is 4.09. The lowest BCUT2D eigenvalue weighted by atomic mass is 10.3. The van der Waals surface area contributed by atoms with E-state index in [2.05, 4.69) is 25.4 Å². The smallest absolute Gasteiger partial charge is 0.342 e. The first-order chi connectivity index (χ1) is 8.75. The standard InChI is InChI=1S/C10H17N5O3/c16-9-8(13-14-10(17)12-9)11-2-1-3-15-4-6-18-7-5-15/h1-7H2,(H,11,13)(H2,12,14,16,17). The molecule has 0 aliphatic carbocycles. The minimum atomic E-state index is -0.598. The summed E-state index contributed by atoms with van der Waals surface area (Å²) in [6.45, 7) is 5.08. The minimum absolute atomic E-state index is 0.150. The Morgan fingerprint density at radius 2 is 2.11 bits per heavy atom. The monoisotopic (exact) mass is 255 g/mol. The Kier molecular flexibility index (Phi) is 4.48. The van der Waals surface area contributed by atoms with Gasteiger partial charge in [-0.1, -0.05) is 0 Å². The Morgan fingerprint density at radius 3 is 2.83 bits per heavy atom. The third kappa shape index (κ3) is 3.67. The minimum Gasteiger partial charge on any atom is -0.379 e. The number of rotatable bonds is 5. The predicted molar refractivity (Wildman–Crippen MR) is 65.8 cm³/mol. The van der Waals surface area contributed by atoms with Gasteiger partial charge in [0.15, 0.2) is 0 Å². The number of hydrogen-bond acceptors (Lipinski definition) is 6. The Bertz CT molecular complexity index is 477. The molecule has 0 spiro atoms. The van der Waals surface area contributed by atoms with E-state index in [0.717, 1.165) is 39.3 Å². The molecule has 2 heterocycles. The summed E-state index contributed by atoms with van der Waals surface area (Å²) < 4.78 is 5.26. The number of nitrogens with zero attached hydrogens (tertiary/aromatic N) is 2. The molecule has 0 aromatic carbocycles. The van der Waals surface area contributed by atoms with Gasteiger partial charge in [0.25, 0.3) is 5.56 Å². The zero-order valence-corrected chi connectivity index (χ0v) is 10.1. The molecule has 18 heavy (non-hydrogen) atoms. The molecule has 8 heteroatoms. The molecule has 1 fully saturated rings. The van der Waals surface area contributed by atoms with Gasteiger partial charge < -0.3 is 10.1 Å². The second kappa shape index (κ2) is 6.31. The lowest BCUT2D eigenvalue weighted by Crippen LogP contribution is -2.37. The van der Waals surface area contributed by atoms with Crippen LogP contribution < -0.4 is 16.6 Å². The van der Waals surface area contributed by atoms with Crippen molar-refractivity contribution in [2.75, 3.05) is 44.7 Å².